The minimum atomic E-state index is 0.736. The maximum atomic E-state index is 5.68. The van der Waals surface area contributed by atoms with E-state index in [-0.39, 0.29) is 0 Å². The molecule has 2 aromatic rings. The zero-order valence-electron chi connectivity index (χ0n) is 10.8. The van der Waals surface area contributed by atoms with Gasteiger partial charge < -0.3 is 0 Å². The van der Waals surface area contributed by atoms with Crippen molar-refractivity contribution in [3.8, 4) is 0 Å². The number of hydrogen-bond donors (Lipinski definition) is 0. The van der Waals surface area contributed by atoms with Crippen molar-refractivity contribution in [3.05, 3.63) is 66.2 Å². The average molecular weight is 241 g/mol. The number of anilines is 1. The first kappa shape index (κ1) is 12.7. The molecule has 0 bridgehead atoms. The first-order chi connectivity index (χ1) is 8.86. The molecule has 2 heteroatoms. The summed E-state index contributed by atoms with van der Waals surface area (Å²) < 4.78 is 0. The van der Waals surface area contributed by atoms with Gasteiger partial charge in [0.2, 0.25) is 0 Å². The number of aryl methyl sites for hydroxylation is 1. The molecule has 2 rings (SSSR count). The molecule has 0 aliphatic heterocycles. The Morgan fingerprint density at radius 1 is 0.889 bits per heavy atom. The van der Waals surface area contributed by atoms with Crippen molar-refractivity contribution in [2.45, 2.75) is 12.8 Å². The lowest BCUT2D eigenvalue weighted by Crippen LogP contribution is -2.18. The summed E-state index contributed by atoms with van der Waals surface area (Å²) in [4.78, 5) is 5.68. The van der Waals surface area contributed by atoms with Crippen LogP contribution in [0.15, 0.2) is 60.7 Å². The molecule has 0 heterocycles. The van der Waals surface area contributed by atoms with Crippen LogP contribution in [0, 0.1) is 0 Å². The van der Waals surface area contributed by atoms with Crippen LogP contribution in [0.5, 0.6) is 0 Å². The first-order valence-corrected chi connectivity index (χ1v) is 6.32. The molecular weight excluding hydrogens is 222 g/mol. The zero-order chi connectivity index (χ0) is 12.6. The Kier molecular flexibility index (Phi) is 4.79. The van der Waals surface area contributed by atoms with Crippen LogP contribution in [0.1, 0.15) is 12.0 Å². The van der Waals surface area contributed by atoms with Crippen molar-refractivity contribution in [1.82, 2.24) is 0 Å². The summed E-state index contributed by atoms with van der Waals surface area (Å²) in [5.74, 6) is 0. The predicted octanol–water partition coefficient (Wildman–Crippen LogP) is 3.69. The molecule has 0 fully saturated rings. The second-order valence-corrected chi connectivity index (χ2v) is 4.26. The van der Waals surface area contributed by atoms with Gasteiger partial charge in [0.05, 0.1) is 12.3 Å². The molecule has 2 aromatic carbocycles. The highest BCUT2D eigenvalue weighted by Gasteiger charge is 1.99. The van der Waals surface area contributed by atoms with E-state index in [0.717, 1.165) is 25.1 Å². The number of hydroxylamine groups is 1. The third-order valence-electron chi connectivity index (χ3n) is 2.86. The van der Waals surface area contributed by atoms with E-state index in [1.54, 1.807) is 0 Å². The largest absolute Gasteiger partial charge is 0.274 e. The van der Waals surface area contributed by atoms with Crippen LogP contribution in [-0.4, -0.2) is 13.7 Å². The third kappa shape index (κ3) is 3.90. The SMILES string of the molecule is CN(OCCCc1ccccc1)c1ccccc1. The van der Waals surface area contributed by atoms with Gasteiger partial charge in [-0.15, -0.1) is 0 Å². The van der Waals surface area contributed by atoms with Crippen LogP contribution in [0.25, 0.3) is 0 Å². The van der Waals surface area contributed by atoms with E-state index >= 15 is 0 Å². The average Bonchev–Trinajstić information content (AvgIpc) is 2.45. The normalized spacial score (nSPS) is 10.3. The molecule has 0 aromatic heterocycles. The molecule has 0 saturated carbocycles. The van der Waals surface area contributed by atoms with E-state index < -0.39 is 0 Å². The Morgan fingerprint density at radius 3 is 2.17 bits per heavy atom. The molecule has 2 nitrogen and oxygen atoms in total. The van der Waals surface area contributed by atoms with Crippen molar-refractivity contribution >= 4 is 5.69 Å². The quantitative estimate of drug-likeness (QED) is 0.565. The predicted molar refractivity (Wildman–Crippen MR) is 75.6 cm³/mol. The molecule has 94 valence electrons. The minimum absolute atomic E-state index is 0.736. The fourth-order valence-electron chi connectivity index (χ4n) is 1.83. The maximum absolute atomic E-state index is 5.68. The standard InChI is InChI=1S/C16H19NO/c1-17(16-12-6-3-7-13-16)18-14-8-11-15-9-4-2-5-10-15/h2-7,9-10,12-13H,8,11,14H2,1H3. The lowest BCUT2D eigenvalue weighted by atomic mass is 10.1. The summed E-state index contributed by atoms with van der Waals surface area (Å²) in [7, 11) is 1.94. The smallest absolute Gasteiger partial charge is 0.0751 e. The van der Waals surface area contributed by atoms with Gasteiger partial charge in [-0.25, -0.2) is 0 Å². The van der Waals surface area contributed by atoms with Crippen molar-refractivity contribution < 1.29 is 4.84 Å². The van der Waals surface area contributed by atoms with Crippen LogP contribution in [0.2, 0.25) is 0 Å². The Hall–Kier alpha value is -1.80. The molecule has 0 aliphatic rings. The number of hydrogen-bond acceptors (Lipinski definition) is 2. The summed E-state index contributed by atoms with van der Waals surface area (Å²) in [5.41, 5.74) is 2.45. The van der Waals surface area contributed by atoms with Crippen LogP contribution < -0.4 is 5.06 Å². The van der Waals surface area contributed by atoms with Crippen molar-refractivity contribution in [1.29, 1.82) is 0 Å². The van der Waals surface area contributed by atoms with Gasteiger partial charge in [0, 0.05) is 7.05 Å². The molecule has 0 radical (unpaired) electrons. The van der Waals surface area contributed by atoms with Crippen LogP contribution in [0.4, 0.5) is 5.69 Å². The molecular formula is C16H19NO. The molecule has 0 saturated heterocycles. The number of rotatable bonds is 6. The van der Waals surface area contributed by atoms with Gasteiger partial charge >= 0.3 is 0 Å². The topological polar surface area (TPSA) is 12.5 Å². The summed E-state index contributed by atoms with van der Waals surface area (Å²) >= 11 is 0. The summed E-state index contributed by atoms with van der Waals surface area (Å²) in [6.07, 6.45) is 2.09. The van der Waals surface area contributed by atoms with E-state index in [4.69, 9.17) is 4.84 Å². The number of nitrogens with zero attached hydrogens (tertiary/aromatic N) is 1. The summed E-state index contributed by atoms with van der Waals surface area (Å²) in [5, 5.41) is 1.82. The van der Waals surface area contributed by atoms with Gasteiger partial charge in [-0.1, -0.05) is 48.5 Å². The van der Waals surface area contributed by atoms with E-state index in [2.05, 4.69) is 24.3 Å². The monoisotopic (exact) mass is 241 g/mol. The van der Waals surface area contributed by atoms with Gasteiger partial charge in [0.25, 0.3) is 0 Å². The number of para-hydroxylation sites is 1. The Balaban J connectivity index is 1.70. The highest BCUT2D eigenvalue weighted by atomic mass is 16.7. The highest BCUT2D eigenvalue weighted by molar-refractivity contribution is 5.42. The van der Waals surface area contributed by atoms with Gasteiger partial charge in [-0.05, 0) is 30.5 Å². The van der Waals surface area contributed by atoms with Crippen molar-refractivity contribution in [3.63, 3.8) is 0 Å². The zero-order valence-corrected chi connectivity index (χ0v) is 10.8. The Labute approximate surface area is 109 Å². The third-order valence-corrected chi connectivity index (χ3v) is 2.86. The molecule has 0 amide bonds. The molecule has 0 aliphatic carbocycles. The van der Waals surface area contributed by atoms with E-state index in [9.17, 15) is 0 Å². The first-order valence-electron chi connectivity index (χ1n) is 6.32. The Bertz CT molecular complexity index is 441. The Morgan fingerprint density at radius 2 is 1.50 bits per heavy atom. The van der Waals surface area contributed by atoms with Crippen LogP contribution in [0.3, 0.4) is 0 Å². The fourth-order valence-corrected chi connectivity index (χ4v) is 1.83. The van der Waals surface area contributed by atoms with Gasteiger partial charge in [0.15, 0.2) is 0 Å². The van der Waals surface area contributed by atoms with Crippen molar-refractivity contribution in [2.75, 3.05) is 18.7 Å². The molecule has 0 atom stereocenters. The lowest BCUT2D eigenvalue weighted by molar-refractivity contribution is 0.119. The second kappa shape index (κ2) is 6.82. The van der Waals surface area contributed by atoms with E-state index in [1.807, 2.05) is 48.5 Å². The van der Waals surface area contributed by atoms with Crippen LogP contribution in [-0.2, 0) is 11.3 Å². The summed E-state index contributed by atoms with van der Waals surface area (Å²) in [6.45, 7) is 0.736. The van der Waals surface area contributed by atoms with E-state index in [1.165, 1.54) is 5.56 Å². The van der Waals surface area contributed by atoms with Gasteiger partial charge in [0.1, 0.15) is 0 Å². The molecule has 0 N–H and O–H groups in total. The highest BCUT2D eigenvalue weighted by Crippen LogP contribution is 2.11. The lowest BCUT2D eigenvalue weighted by Gasteiger charge is -2.18. The van der Waals surface area contributed by atoms with Crippen LogP contribution >= 0.6 is 0 Å². The fraction of sp³-hybridized carbons (Fsp3) is 0.250. The number of benzene rings is 2. The minimum Gasteiger partial charge on any atom is -0.274 e. The molecule has 18 heavy (non-hydrogen) atoms. The molecule has 0 spiro atoms. The van der Waals surface area contributed by atoms with Gasteiger partial charge in [-0.2, -0.15) is 0 Å². The second-order valence-electron chi connectivity index (χ2n) is 4.26. The van der Waals surface area contributed by atoms with Crippen molar-refractivity contribution in [2.24, 2.45) is 0 Å². The maximum Gasteiger partial charge on any atom is 0.0751 e. The van der Waals surface area contributed by atoms with E-state index in [0.29, 0.717) is 0 Å². The molecule has 0 unspecified atom stereocenters. The van der Waals surface area contributed by atoms with Gasteiger partial charge in [-0.3, -0.25) is 9.90 Å². The summed E-state index contributed by atoms with van der Waals surface area (Å²) in [6, 6.07) is 20.6.